The lowest BCUT2D eigenvalue weighted by atomic mass is 9.73. The first-order valence-corrected chi connectivity index (χ1v) is 7.68. The van der Waals surface area contributed by atoms with Crippen molar-refractivity contribution in [3.05, 3.63) is 59.9 Å². The summed E-state index contributed by atoms with van der Waals surface area (Å²) < 4.78 is 0. The van der Waals surface area contributed by atoms with Crippen molar-refractivity contribution in [1.29, 1.82) is 0 Å². The molecule has 3 heterocycles. The molecule has 0 N–H and O–H groups in total. The van der Waals surface area contributed by atoms with Gasteiger partial charge in [0, 0.05) is 12.1 Å². The minimum Gasteiger partial charge on any atom is -0.295 e. The summed E-state index contributed by atoms with van der Waals surface area (Å²) in [4.78, 5) is 24.0. The van der Waals surface area contributed by atoms with E-state index in [4.69, 9.17) is 4.84 Å². The average molecular weight is 292 g/mol. The van der Waals surface area contributed by atoms with Gasteiger partial charge >= 0.3 is 0 Å². The van der Waals surface area contributed by atoms with E-state index in [-0.39, 0.29) is 11.7 Å². The number of carbonyl (C=O) groups excluding carboxylic acids is 1. The van der Waals surface area contributed by atoms with Gasteiger partial charge in [0.25, 0.3) is 0 Å². The van der Waals surface area contributed by atoms with E-state index in [0.717, 1.165) is 23.4 Å². The number of hydroxylamine groups is 1. The largest absolute Gasteiger partial charge is 0.295 e. The van der Waals surface area contributed by atoms with Gasteiger partial charge in [-0.1, -0.05) is 24.3 Å². The fourth-order valence-electron chi connectivity index (χ4n) is 4.67. The maximum Gasteiger partial charge on any atom is 0.177 e. The number of aromatic nitrogens is 1. The molecule has 1 aromatic carbocycles. The van der Waals surface area contributed by atoms with Crippen molar-refractivity contribution in [1.82, 2.24) is 4.98 Å². The van der Waals surface area contributed by atoms with Gasteiger partial charge in [-0.15, -0.1) is 0 Å². The van der Waals surface area contributed by atoms with Crippen molar-refractivity contribution in [3.63, 3.8) is 0 Å². The standard InChI is InChI=1S/C18H16N2O2/c1-17-10-12-11-22-20(14-7-3-2-6-13(14)17)18(12,16(17)21)15-8-4-5-9-19-15/h2-9,12H,10-11H2,1H3/t12?,17-,18+/m1/s1. The van der Waals surface area contributed by atoms with E-state index in [1.54, 1.807) is 6.20 Å². The summed E-state index contributed by atoms with van der Waals surface area (Å²) in [6.07, 6.45) is 2.57. The van der Waals surface area contributed by atoms with Crippen molar-refractivity contribution < 1.29 is 9.63 Å². The third kappa shape index (κ3) is 1.13. The number of anilines is 1. The van der Waals surface area contributed by atoms with Gasteiger partial charge in [-0.05, 0) is 37.1 Å². The maximum atomic E-state index is 13.5. The second-order valence-corrected chi connectivity index (χ2v) is 6.65. The average Bonchev–Trinajstić information content (AvgIpc) is 3.00. The highest BCUT2D eigenvalue weighted by Gasteiger charge is 2.72. The molecule has 1 saturated carbocycles. The van der Waals surface area contributed by atoms with E-state index in [9.17, 15) is 4.79 Å². The highest BCUT2D eigenvalue weighted by molar-refractivity contribution is 6.06. The Balaban J connectivity index is 1.87. The molecule has 1 unspecified atom stereocenters. The molecule has 2 fully saturated rings. The van der Waals surface area contributed by atoms with Crippen LogP contribution in [0.25, 0.3) is 0 Å². The summed E-state index contributed by atoms with van der Waals surface area (Å²) >= 11 is 0. The van der Waals surface area contributed by atoms with E-state index in [1.807, 2.05) is 41.5 Å². The molecule has 2 aromatic rings. The minimum atomic E-state index is -0.760. The van der Waals surface area contributed by atoms with Gasteiger partial charge < -0.3 is 0 Å². The Labute approximate surface area is 128 Å². The molecular weight excluding hydrogens is 276 g/mol. The minimum absolute atomic E-state index is 0.146. The molecule has 0 amide bonds. The number of Topliss-reactive ketones (excluding diaryl/α,β-unsaturated/α-hetero) is 1. The van der Waals surface area contributed by atoms with E-state index in [1.165, 1.54) is 0 Å². The lowest BCUT2D eigenvalue weighted by Gasteiger charge is -2.43. The third-order valence-electron chi connectivity index (χ3n) is 5.59. The number of pyridine rings is 1. The van der Waals surface area contributed by atoms with E-state index < -0.39 is 11.0 Å². The van der Waals surface area contributed by atoms with Crippen LogP contribution in [0.5, 0.6) is 0 Å². The van der Waals surface area contributed by atoms with Crippen molar-refractivity contribution in [2.45, 2.75) is 24.3 Å². The summed E-state index contributed by atoms with van der Waals surface area (Å²) in [7, 11) is 0. The van der Waals surface area contributed by atoms with Crippen molar-refractivity contribution >= 4 is 11.5 Å². The normalized spacial score (nSPS) is 34.9. The molecule has 22 heavy (non-hydrogen) atoms. The maximum absolute atomic E-state index is 13.5. The van der Waals surface area contributed by atoms with E-state index in [2.05, 4.69) is 18.0 Å². The van der Waals surface area contributed by atoms with Crippen LogP contribution in [0, 0.1) is 5.92 Å². The molecule has 0 radical (unpaired) electrons. The van der Waals surface area contributed by atoms with Crippen molar-refractivity contribution in [3.8, 4) is 0 Å². The molecule has 1 saturated heterocycles. The first kappa shape index (κ1) is 12.4. The predicted octanol–water partition coefficient (Wildman–Crippen LogP) is 2.59. The van der Waals surface area contributed by atoms with Crippen LogP contribution in [0.1, 0.15) is 24.6 Å². The number of nitrogens with zero attached hydrogens (tertiary/aromatic N) is 2. The Morgan fingerprint density at radius 2 is 2.05 bits per heavy atom. The Bertz CT molecular complexity index is 791. The van der Waals surface area contributed by atoms with Crippen LogP contribution in [-0.2, 0) is 20.6 Å². The van der Waals surface area contributed by atoms with Crippen molar-refractivity contribution in [2.75, 3.05) is 11.7 Å². The number of hydrogen-bond acceptors (Lipinski definition) is 4. The van der Waals surface area contributed by atoms with Gasteiger partial charge in [-0.2, -0.15) is 0 Å². The predicted molar refractivity (Wildman–Crippen MR) is 81.3 cm³/mol. The van der Waals surface area contributed by atoms with Gasteiger partial charge in [-0.3, -0.25) is 14.6 Å². The molecule has 3 atom stereocenters. The summed E-state index contributed by atoms with van der Waals surface area (Å²) in [5.74, 6) is 0.368. The summed E-state index contributed by atoms with van der Waals surface area (Å²) in [5.41, 5.74) is 1.69. The van der Waals surface area contributed by atoms with Crippen LogP contribution in [0.15, 0.2) is 48.7 Å². The summed E-state index contributed by atoms with van der Waals surface area (Å²) in [6, 6.07) is 13.9. The topological polar surface area (TPSA) is 42.4 Å². The zero-order chi connectivity index (χ0) is 14.9. The number of rotatable bonds is 1. The molecule has 2 bridgehead atoms. The van der Waals surface area contributed by atoms with Gasteiger partial charge in [0.05, 0.1) is 23.4 Å². The van der Waals surface area contributed by atoms with Crippen LogP contribution in [0.4, 0.5) is 5.69 Å². The summed E-state index contributed by atoms with van der Waals surface area (Å²) in [5, 5.41) is 1.84. The number of ketones is 1. The monoisotopic (exact) mass is 292 g/mol. The molecule has 0 spiro atoms. The van der Waals surface area contributed by atoms with Gasteiger partial charge in [0.1, 0.15) is 0 Å². The summed E-state index contributed by atoms with van der Waals surface area (Å²) in [6.45, 7) is 2.65. The molecule has 1 aliphatic carbocycles. The molecule has 2 aliphatic heterocycles. The van der Waals surface area contributed by atoms with Gasteiger partial charge in [0.15, 0.2) is 11.3 Å². The Morgan fingerprint density at radius 1 is 1.23 bits per heavy atom. The zero-order valence-corrected chi connectivity index (χ0v) is 12.3. The zero-order valence-electron chi connectivity index (χ0n) is 12.3. The Kier molecular flexibility index (Phi) is 2.11. The van der Waals surface area contributed by atoms with Crippen LogP contribution in [-0.4, -0.2) is 17.4 Å². The number of benzene rings is 1. The fourth-order valence-corrected chi connectivity index (χ4v) is 4.67. The molecule has 4 heteroatoms. The molecular formula is C18H16N2O2. The van der Waals surface area contributed by atoms with E-state index >= 15 is 0 Å². The van der Waals surface area contributed by atoms with Gasteiger partial charge in [-0.25, -0.2) is 5.06 Å². The first-order chi connectivity index (χ1) is 10.7. The van der Waals surface area contributed by atoms with Crippen LogP contribution in [0.2, 0.25) is 0 Å². The highest BCUT2D eigenvalue weighted by Crippen LogP contribution is 2.63. The van der Waals surface area contributed by atoms with Gasteiger partial charge in [0.2, 0.25) is 0 Å². The molecule has 1 aromatic heterocycles. The number of fused-ring (bicyclic) bond motifs is 4. The number of carbonyl (C=O) groups is 1. The Hall–Kier alpha value is -2.20. The molecule has 5 rings (SSSR count). The molecule has 110 valence electrons. The van der Waals surface area contributed by atoms with E-state index in [0.29, 0.717) is 6.61 Å². The number of hydrogen-bond donors (Lipinski definition) is 0. The second kappa shape index (κ2) is 3.76. The lowest BCUT2D eigenvalue weighted by molar-refractivity contribution is -0.128. The van der Waals surface area contributed by atoms with Crippen LogP contribution < -0.4 is 5.06 Å². The molecule has 4 nitrogen and oxygen atoms in total. The second-order valence-electron chi connectivity index (χ2n) is 6.65. The highest BCUT2D eigenvalue weighted by atomic mass is 16.7. The van der Waals surface area contributed by atoms with Crippen LogP contribution >= 0.6 is 0 Å². The molecule has 3 aliphatic rings. The van der Waals surface area contributed by atoms with Crippen LogP contribution in [0.3, 0.4) is 0 Å². The number of para-hydroxylation sites is 1. The Morgan fingerprint density at radius 3 is 2.86 bits per heavy atom. The lowest BCUT2D eigenvalue weighted by Crippen LogP contribution is -2.55. The fraction of sp³-hybridized carbons (Fsp3) is 0.333. The quantitative estimate of drug-likeness (QED) is 0.810. The first-order valence-electron chi connectivity index (χ1n) is 7.68. The SMILES string of the molecule is C[C@@]12CC3CON(c4ccccc41)[C@@]3(c1ccccn1)C2=O. The van der Waals surface area contributed by atoms with Crippen molar-refractivity contribution in [2.24, 2.45) is 5.92 Å². The third-order valence-corrected chi connectivity index (χ3v) is 5.59. The smallest absolute Gasteiger partial charge is 0.177 e.